The molecular weight excluding hydrogens is 271 g/mol. The normalized spacial score (nSPS) is 13.9. The molecule has 16 heavy (non-hydrogen) atoms. The van der Waals surface area contributed by atoms with Gasteiger partial charge >= 0.3 is 97.6 Å². The molecule has 0 fully saturated rings. The summed E-state index contributed by atoms with van der Waals surface area (Å²) in [6.07, 6.45) is 2.74. The molecule has 0 unspecified atom stereocenters. The van der Waals surface area contributed by atoms with Crippen molar-refractivity contribution in [1.29, 1.82) is 0 Å². The van der Waals surface area contributed by atoms with Crippen LogP contribution in [0.2, 0.25) is 0 Å². The van der Waals surface area contributed by atoms with E-state index in [0.717, 1.165) is 8.87 Å². The van der Waals surface area contributed by atoms with Crippen LogP contribution in [0.5, 0.6) is 0 Å². The number of rotatable bonds is 0. The molecule has 0 atom stereocenters. The molecule has 3 rings (SSSR count). The molecule has 0 saturated carbocycles. The molecule has 2 aromatic heterocycles. The van der Waals surface area contributed by atoms with E-state index in [-0.39, 0.29) is 26.1 Å². The maximum atomic E-state index is 12.2. The summed E-state index contributed by atoms with van der Waals surface area (Å²) >= 11 is 0.149. The first-order valence-corrected chi connectivity index (χ1v) is 6.58. The number of furan rings is 1. The van der Waals surface area contributed by atoms with Crippen LogP contribution >= 0.6 is 0 Å². The molecule has 80 valence electrons. The molecule has 1 aliphatic rings. The Morgan fingerprint density at radius 1 is 0.938 bits per heavy atom. The fourth-order valence-corrected chi connectivity index (χ4v) is 4.36. The standard InChI is InChI=1S/C12H8O3Se/c1-5-9-10(6(2)16-5)12(14)8-4-15-3-7(8)11(9)13/h3-4H,1-2H3. The monoisotopic (exact) mass is 280 g/mol. The average molecular weight is 279 g/mol. The number of hydrogen-bond acceptors (Lipinski definition) is 3. The van der Waals surface area contributed by atoms with Crippen molar-refractivity contribution in [2.24, 2.45) is 0 Å². The molecule has 0 spiro atoms. The van der Waals surface area contributed by atoms with Gasteiger partial charge in [0.05, 0.1) is 0 Å². The molecule has 0 N–H and O–H groups in total. The number of ketones is 2. The zero-order valence-electron chi connectivity index (χ0n) is 8.79. The molecule has 4 heteroatoms. The van der Waals surface area contributed by atoms with Crippen molar-refractivity contribution in [2.75, 3.05) is 0 Å². The molecule has 0 aromatic carbocycles. The Bertz CT molecular complexity index is 580. The van der Waals surface area contributed by atoms with Gasteiger partial charge in [0.1, 0.15) is 0 Å². The van der Waals surface area contributed by atoms with Crippen LogP contribution in [0, 0.1) is 13.8 Å². The molecule has 3 nitrogen and oxygen atoms in total. The second-order valence-corrected chi connectivity index (χ2v) is 6.82. The summed E-state index contributed by atoms with van der Waals surface area (Å²) in [5.41, 5.74) is 2.06. The second-order valence-electron chi connectivity index (χ2n) is 3.82. The first-order chi connectivity index (χ1) is 7.61. The summed E-state index contributed by atoms with van der Waals surface area (Å²) in [5.74, 6) is -0.121. The SMILES string of the molecule is Cc1[se]c(C)c2c1C(=O)c1cocc1C2=O. The van der Waals surface area contributed by atoms with Gasteiger partial charge in [-0.05, 0) is 0 Å². The fourth-order valence-electron chi connectivity index (χ4n) is 2.15. The van der Waals surface area contributed by atoms with Gasteiger partial charge in [-0.25, -0.2) is 0 Å². The van der Waals surface area contributed by atoms with Crippen LogP contribution < -0.4 is 0 Å². The predicted molar refractivity (Wildman–Crippen MR) is 58.4 cm³/mol. The summed E-state index contributed by atoms with van der Waals surface area (Å²) in [7, 11) is 0. The molecule has 2 aromatic rings. The van der Waals surface area contributed by atoms with Gasteiger partial charge in [-0.3, -0.25) is 0 Å². The summed E-state index contributed by atoms with van der Waals surface area (Å²) in [6.45, 7) is 3.87. The quantitative estimate of drug-likeness (QED) is 0.589. The van der Waals surface area contributed by atoms with E-state index >= 15 is 0 Å². The molecular formula is C12H8O3Se. The van der Waals surface area contributed by atoms with Crippen LogP contribution in [-0.2, 0) is 0 Å². The van der Waals surface area contributed by atoms with E-state index in [1.54, 1.807) is 0 Å². The summed E-state index contributed by atoms with van der Waals surface area (Å²) in [4.78, 5) is 24.3. The zero-order chi connectivity index (χ0) is 11.4. The Labute approximate surface area is 97.8 Å². The third-order valence-electron chi connectivity index (χ3n) is 2.87. The maximum absolute atomic E-state index is 12.2. The Kier molecular flexibility index (Phi) is 1.88. The minimum atomic E-state index is -0.0606. The fraction of sp³-hybridized carbons (Fsp3) is 0.167. The van der Waals surface area contributed by atoms with Crippen molar-refractivity contribution in [3.8, 4) is 0 Å². The van der Waals surface area contributed by atoms with Gasteiger partial charge in [0.2, 0.25) is 0 Å². The predicted octanol–water partition coefficient (Wildman–Crippen LogP) is 1.73. The van der Waals surface area contributed by atoms with Crippen LogP contribution in [0.4, 0.5) is 0 Å². The molecule has 1 aliphatic carbocycles. The first kappa shape index (κ1) is 9.82. The Morgan fingerprint density at radius 3 is 1.81 bits per heavy atom. The van der Waals surface area contributed by atoms with Crippen LogP contribution in [0.25, 0.3) is 0 Å². The van der Waals surface area contributed by atoms with Gasteiger partial charge in [0.15, 0.2) is 0 Å². The Hall–Kier alpha value is -1.38. The topological polar surface area (TPSA) is 47.3 Å². The third kappa shape index (κ3) is 1.03. The van der Waals surface area contributed by atoms with Gasteiger partial charge in [-0.15, -0.1) is 0 Å². The number of aryl methyl sites for hydroxylation is 2. The van der Waals surface area contributed by atoms with Crippen molar-refractivity contribution < 1.29 is 14.0 Å². The van der Waals surface area contributed by atoms with Crippen LogP contribution in [0.1, 0.15) is 40.7 Å². The number of carbonyl (C=O) groups is 2. The van der Waals surface area contributed by atoms with Crippen LogP contribution in [-0.4, -0.2) is 26.1 Å². The Morgan fingerprint density at radius 2 is 1.38 bits per heavy atom. The van der Waals surface area contributed by atoms with Crippen molar-refractivity contribution in [1.82, 2.24) is 0 Å². The molecule has 2 heterocycles. The van der Waals surface area contributed by atoms with E-state index in [9.17, 15) is 9.59 Å². The van der Waals surface area contributed by atoms with Gasteiger partial charge in [0, 0.05) is 0 Å². The van der Waals surface area contributed by atoms with E-state index in [1.165, 1.54) is 12.5 Å². The molecule has 0 radical (unpaired) electrons. The summed E-state index contributed by atoms with van der Waals surface area (Å²) < 4.78 is 7.06. The Balaban J connectivity index is 2.40. The average Bonchev–Trinajstić information content (AvgIpc) is 2.80. The van der Waals surface area contributed by atoms with Gasteiger partial charge in [0.25, 0.3) is 0 Å². The summed E-state index contributed by atoms with van der Waals surface area (Å²) in [6, 6.07) is 0. The molecule has 0 saturated heterocycles. The van der Waals surface area contributed by atoms with E-state index in [2.05, 4.69) is 0 Å². The van der Waals surface area contributed by atoms with Crippen LogP contribution in [0.3, 0.4) is 0 Å². The van der Waals surface area contributed by atoms with E-state index in [1.807, 2.05) is 13.8 Å². The third-order valence-corrected chi connectivity index (χ3v) is 5.01. The zero-order valence-corrected chi connectivity index (χ0v) is 10.5. The molecule has 0 bridgehead atoms. The van der Waals surface area contributed by atoms with E-state index in [0.29, 0.717) is 22.3 Å². The van der Waals surface area contributed by atoms with Gasteiger partial charge < -0.3 is 0 Å². The number of carbonyl (C=O) groups excluding carboxylic acids is 2. The van der Waals surface area contributed by atoms with Crippen molar-refractivity contribution >= 4 is 26.1 Å². The van der Waals surface area contributed by atoms with E-state index < -0.39 is 0 Å². The second kappa shape index (κ2) is 3.06. The first-order valence-electron chi connectivity index (χ1n) is 4.87. The van der Waals surface area contributed by atoms with Gasteiger partial charge in [-0.1, -0.05) is 0 Å². The van der Waals surface area contributed by atoms with Gasteiger partial charge in [-0.2, -0.15) is 0 Å². The number of fused-ring (bicyclic) bond motifs is 2. The van der Waals surface area contributed by atoms with Crippen LogP contribution in [0.15, 0.2) is 16.9 Å². The number of hydrogen-bond donors (Lipinski definition) is 0. The van der Waals surface area contributed by atoms with Crippen molar-refractivity contribution in [3.63, 3.8) is 0 Å². The van der Waals surface area contributed by atoms with Crippen molar-refractivity contribution in [2.45, 2.75) is 13.8 Å². The molecule has 0 aliphatic heterocycles. The molecule has 0 amide bonds. The van der Waals surface area contributed by atoms with E-state index in [4.69, 9.17) is 4.42 Å². The minimum absolute atomic E-state index is 0.0606. The summed E-state index contributed by atoms with van der Waals surface area (Å²) in [5, 5.41) is 0. The van der Waals surface area contributed by atoms with Crippen molar-refractivity contribution in [3.05, 3.63) is 43.7 Å².